The molecule has 0 aliphatic rings. The van der Waals surface area contributed by atoms with E-state index in [1.54, 1.807) is 18.3 Å². The number of rotatable bonds is 3. The predicted octanol–water partition coefficient (Wildman–Crippen LogP) is 2.82. The van der Waals surface area contributed by atoms with Gasteiger partial charge in [-0.1, -0.05) is 11.6 Å². The fourth-order valence-electron chi connectivity index (χ4n) is 1.47. The first-order valence-corrected chi connectivity index (χ1v) is 5.35. The van der Waals surface area contributed by atoms with Crippen LogP contribution in [0.15, 0.2) is 30.6 Å². The Balaban J connectivity index is 2.17. The molecule has 0 saturated heterocycles. The number of hydrogen-bond acceptors (Lipinski definition) is 3. The van der Waals surface area contributed by atoms with Gasteiger partial charge in [-0.15, -0.1) is 0 Å². The summed E-state index contributed by atoms with van der Waals surface area (Å²) in [6, 6.07) is 5.49. The highest BCUT2D eigenvalue weighted by molar-refractivity contribution is 6.31. The van der Waals surface area contributed by atoms with Crippen LogP contribution in [0.1, 0.15) is 18.5 Å². The highest BCUT2D eigenvalue weighted by Crippen LogP contribution is 2.26. The Labute approximate surface area is 98.8 Å². The highest BCUT2D eigenvalue weighted by Gasteiger charge is 2.08. The van der Waals surface area contributed by atoms with Gasteiger partial charge in [-0.05, 0) is 25.1 Å². The van der Waals surface area contributed by atoms with Crippen LogP contribution in [0.25, 0.3) is 0 Å². The van der Waals surface area contributed by atoms with Crippen molar-refractivity contribution >= 4 is 23.0 Å². The number of nitrogens with one attached hydrogen (secondary N) is 2. The average Bonchev–Trinajstić information content (AvgIpc) is 2.76. The maximum atomic E-state index is 5.91. The molecule has 0 fully saturated rings. The Kier molecular flexibility index (Phi) is 3.01. The minimum Gasteiger partial charge on any atom is -0.397 e. The molecule has 2 rings (SSSR count). The summed E-state index contributed by atoms with van der Waals surface area (Å²) in [4.78, 5) is 0. The fourth-order valence-corrected chi connectivity index (χ4v) is 1.64. The first kappa shape index (κ1) is 10.8. The molecule has 0 aliphatic heterocycles. The van der Waals surface area contributed by atoms with E-state index in [-0.39, 0.29) is 6.04 Å². The molecule has 4 N–H and O–H groups in total. The zero-order valence-electron chi connectivity index (χ0n) is 8.87. The van der Waals surface area contributed by atoms with Crippen LogP contribution in [0.2, 0.25) is 5.02 Å². The Morgan fingerprint density at radius 1 is 1.50 bits per heavy atom. The number of nitrogens with two attached hydrogens (primary N) is 1. The van der Waals surface area contributed by atoms with Gasteiger partial charge in [0.25, 0.3) is 0 Å². The third kappa shape index (κ3) is 2.28. The lowest BCUT2D eigenvalue weighted by Gasteiger charge is -2.15. The van der Waals surface area contributed by atoms with Crippen molar-refractivity contribution in [1.82, 2.24) is 10.2 Å². The van der Waals surface area contributed by atoms with Gasteiger partial charge in [-0.25, -0.2) is 0 Å². The minimum atomic E-state index is 0.125. The van der Waals surface area contributed by atoms with Crippen molar-refractivity contribution in [1.29, 1.82) is 0 Å². The molecular weight excluding hydrogens is 224 g/mol. The van der Waals surface area contributed by atoms with E-state index in [9.17, 15) is 0 Å². The summed E-state index contributed by atoms with van der Waals surface area (Å²) in [6.07, 6.45) is 3.62. The van der Waals surface area contributed by atoms with E-state index in [2.05, 4.69) is 15.5 Å². The first-order chi connectivity index (χ1) is 7.66. The lowest BCUT2D eigenvalue weighted by atomic mass is 10.1. The Hall–Kier alpha value is -1.68. The van der Waals surface area contributed by atoms with Gasteiger partial charge in [-0.2, -0.15) is 5.10 Å². The molecule has 5 heteroatoms. The summed E-state index contributed by atoms with van der Waals surface area (Å²) in [5, 5.41) is 10.6. The van der Waals surface area contributed by atoms with Gasteiger partial charge >= 0.3 is 0 Å². The SMILES string of the molecule is CC(Nc1cc(Cl)ccc1N)c1cn[nH]c1. The van der Waals surface area contributed by atoms with Crippen LogP contribution in [-0.2, 0) is 0 Å². The number of aromatic nitrogens is 2. The molecule has 0 aliphatic carbocycles. The summed E-state index contributed by atoms with van der Waals surface area (Å²) in [7, 11) is 0. The monoisotopic (exact) mass is 236 g/mol. The largest absolute Gasteiger partial charge is 0.397 e. The van der Waals surface area contributed by atoms with E-state index in [0.717, 1.165) is 11.3 Å². The molecule has 16 heavy (non-hydrogen) atoms. The van der Waals surface area contributed by atoms with Crippen molar-refractivity contribution < 1.29 is 0 Å². The average molecular weight is 237 g/mol. The quantitative estimate of drug-likeness (QED) is 0.718. The molecule has 84 valence electrons. The van der Waals surface area contributed by atoms with Crippen LogP contribution in [0.4, 0.5) is 11.4 Å². The molecule has 0 saturated carbocycles. The predicted molar refractivity (Wildman–Crippen MR) is 66.5 cm³/mol. The van der Waals surface area contributed by atoms with E-state index < -0.39 is 0 Å². The second-order valence-electron chi connectivity index (χ2n) is 3.63. The number of H-pyrrole nitrogens is 1. The van der Waals surface area contributed by atoms with Crippen LogP contribution < -0.4 is 11.1 Å². The molecule has 4 nitrogen and oxygen atoms in total. The second kappa shape index (κ2) is 4.45. The molecule has 0 amide bonds. The lowest BCUT2D eigenvalue weighted by molar-refractivity contribution is 0.887. The van der Waals surface area contributed by atoms with Crippen LogP contribution >= 0.6 is 11.6 Å². The fraction of sp³-hybridized carbons (Fsp3) is 0.182. The van der Waals surface area contributed by atoms with Crippen molar-refractivity contribution in [3.63, 3.8) is 0 Å². The van der Waals surface area contributed by atoms with E-state index in [4.69, 9.17) is 17.3 Å². The smallest absolute Gasteiger partial charge is 0.0593 e. The molecule has 0 radical (unpaired) electrons. The summed E-state index contributed by atoms with van der Waals surface area (Å²) < 4.78 is 0. The number of aromatic amines is 1. The highest BCUT2D eigenvalue weighted by atomic mass is 35.5. The number of nitrogen functional groups attached to an aromatic ring is 1. The molecular formula is C11H13ClN4. The summed E-state index contributed by atoms with van der Waals surface area (Å²) in [5.41, 5.74) is 8.43. The van der Waals surface area contributed by atoms with E-state index >= 15 is 0 Å². The Morgan fingerprint density at radius 2 is 2.31 bits per heavy atom. The van der Waals surface area contributed by atoms with Gasteiger partial charge in [0.05, 0.1) is 23.6 Å². The summed E-state index contributed by atoms with van der Waals surface area (Å²) in [5.74, 6) is 0. The maximum Gasteiger partial charge on any atom is 0.0593 e. The van der Waals surface area contributed by atoms with Gasteiger partial charge in [0.2, 0.25) is 0 Å². The van der Waals surface area contributed by atoms with Crippen LogP contribution in [0, 0.1) is 0 Å². The Morgan fingerprint density at radius 3 is 3.00 bits per heavy atom. The Bertz CT molecular complexity index is 467. The van der Waals surface area contributed by atoms with Crippen molar-refractivity contribution in [2.75, 3.05) is 11.1 Å². The molecule has 1 aromatic carbocycles. The van der Waals surface area contributed by atoms with Crippen molar-refractivity contribution in [3.8, 4) is 0 Å². The van der Waals surface area contributed by atoms with Gasteiger partial charge in [-0.3, -0.25) is 5.10 Å². The molecule has 1 aromatic heterocycles. The molecule has 1 heterocycles. The summed E-state index contributed by atoms with van der Waals surface area (Å²) >= 11 is 5.91. The topological polar surface area (TPSA) is 66.7 Å². The van der Waals surface area contributed by atoms with E-state index in [1.807, 2.05) is 19.2 Å². The number of nitrogens with zero attached hydrogens (tertiary/aromatic N) is 1. The van der Waals surface area contributed by atoms with Crippen LogP contribution in [0.3, 0.4) is 0 Å². The number of hydrogen-bond donors (Lipinski definition) is 3. The third-order valence-electron chi connectivity index (χ3n) is 2.41. The van der Waals surface area contributed by atoms with Gasteiger partial charge in [0.15, 0.2) is 0 Å². The van der Waals surface area contributed by atoms with Gasteiger partial charge < -0.3 is 11.1 Å². The molecule has 2 aromatic rings. The standard InChI is InChI=1S/C11H13ClN4/c1-7(8-5-14-15-6-8)16-11-4-9(12)2-3-10(11)13/h2-7,16H,13H2,1H3,(H,14,15). The molecule has 0 bridgehead atoms. The number of anilines is 2. The second-order valence-corrected chi connectivity index (χ2v) is 4.07. The van der Waals surface area contributed by atoms with Crippen molar-refractivity contribution in [3.05, 3.63) is 41.2 Å². The third-order valence-corrected chi connectivity index (χ3v) is 2.64. The summed E-state index contributed by atoms with van der Waals surface area (Å²) in [6.45, 7) is 2.03. The first-order valence-electron chi connectivity index (χ1n) is 4.97. The lowest BCUT2D eigenvalue weighted by Crippen LogP contribution is -2.07. The maximum absolute atomic E-state index is 5.91. The van der Waals surface area contributed by atoms with E-state index in [1.165, 1.54) is 0 Å². The zero-order valence-corrected chi connectivity index (χ0v) is 9.62. The molecule has 1 atom stereocenters. The van der Waals surface area contributed by atoms with E-state index in [0.29, 0.717) is 10.7 Å². The zero-order chi connectivity index (χ0) is 11.5. The molecule has 1 unspecified atom stereocenters. The van der Waals surface area contributed by atoms with Crippen molar-refractivity contribution in [2.45, 2.75) is 13.0 Å². The van der Waals surface area contributed by atoms with Gasteiger partial charge in [0.1, 0.15) is 0 Å². The molecule has 0 spiro atoms. The number of halogens is 1. The van der Waals surface area contributed by atoms with Crippen LogP contribution in [-0.4, -0.2) is 10.2 Å². The van der Waals surface area contributed by atoms with Crippen LogP contribution in [0.5, 0.6) is 0 Å². The van der Waals surface area contributed by atoms with Crippen molar-refractivity contribution in [2.24, 2.45) is 0 Å². The minimum absolute atomic E-state index is 0.125. The van der Waals surface area contributed by atoms with Gasteiger partial charge in [0, 0.05) is 16.8 Å². The normalized spacial score (nSPS) is 12.4. The number of benzene rings is 1.